The Balaban J connectivity index is 2.33. The summed E-state index contributed by atoms with van der Waals surface area (Å²) < 4.78 is 5.37. The highest BCUT2D eigenvalue weighted by Crippen LogP contribution is 2.24. The zero-order chi connectivity index (χ0) is 18.6. The van der Waals surface area contributed by atoms with E-state index in [1.54, 1.807) is 51.4 Å². The van der Waals surface area contributed by atoms with Crippen molar-refractivity contribution in [2.75, 3.05) is 14.1 Å². The number of ether oxygens (including phenoxy) is 1. The number of likely N-dealkylation sites (N-methyl/N-ethyl adjacent to an activating group) is 1. The number of carbonyl (C=O) groups is 2. The quantitative estimate of drug-likeness (QED) is 0.473. The first-order valence-corrected chi connectivity index (χ1v) is 7.53. The van der Waals surface area contributed by atoms with Gasteiger partial charge in [-0.25, -0.2) is 4.79 Å². The molecule has 130 valence electrons. The molecule has 7 heteroatoms. The third-order valence-corrected chi connectivity index (χ3v) is 3.63. The van der Waals surface area contributed by atoms with Crippen molar-refractivity contribution in [3.8, 4) is 0 Å². The van der Waals surface area contributed by atoms with Crippen LogP contribution in [0.15, 0.2) is 48.5 Å². The molecule has 0 bridgehead atoms. The van der Waals surface area contributed by atoms with Gasteiger partial charge in [0.2, 0.25) is 6.10 Å². The van der Waals surface area contributed by atoms with Gasteiger partial charge in [-0.2, -0.15) is 0 Å². The number of rotatable bonds is 5. The van der Waals surface area contributed by atoms with E-state index >= 15 is 0 Å². The fraction of sp³-hybridized carbons (Fsp3) is 0.222. The Kier molecular flexibility index (Phi) is 5.49. The summed E-state index contributed by atoms with van der Waals surface area (Å²) in [4.78, 5) is 36.6. The SMILES string of the molecule is Cc1ccc(C(=O)OC(C(=O)N(C)C)c2ccccc2)cc1[N+](=O)[O-]. The van der Waals surface area contributed by atoms with Gasteiger partial charge in [0, 0.05) is 31.3 Å². The van der Waals surface area contributed by atoms with E-state index in [1.807, 2.05) is 0 Å². The molecule has 0 radical (unpaired) electrons. The maximum Gasteiger partial charge on any atom is 0.339 e. The standard InChI is InChI=1S/C18H18N2O5/c1-12-9-10-14(11-15(12)20(23)24)18(22)25-16(17(21)19(2)3)13-7-5-4-6-8-13/h4-11,16H,1-3H3. The topological polar surface area (TPSA) is 89.8 Å². The number of benzene rings is 2. The molecular formula is C18H18N2O5. The van der Waals surface area contributed by atoms with Crippen molar-refractivity contribution >= 4 is 17.6 Å². The van der Waals surface area contributed by atoms with Gasteiger partial charge in [0.15, 0.2) is 0 Å². The first-order valence-electron chi connectivity index (χ1n) is 7.53. The largest absolute Gasteiger partial charge is 0.444 e. The molecule has 1 unspecified atom stereocenters. The van der Waals surface area contributed by atoms with E-state index in [0.29, 0.717) is 11.1 Å². The molecule has 1 amide bonds. The van der Waals surface area contributed by atoms with Gasteiger partial charge < -0.3 is 9.64 Å². The van der Waals surface area contributed by atoms with Crippen molar-refractivity contribution in [2.24, 2.45) is 0 Å². The Bertz CT molecular complexity index is 802. The second-order valence-electron chi connectivity index (χ2n) is 5.69. The summed E-state index contributed by atoms with van der Waals surface area (Å²) in [5, 5.41) is 11.0. The smallest absolute Gasteiger partial charge is 0.339 e. The zero-order valence-corrected chi connectivity index (χ0v) is 14.1. The number of hydrogen-bond donors (Lipinski definition) is 0. The third kappa shape index (κ3) is 4.20. The molecule has 0 N–H and O–H groups in total. The lowest BCUT2D eigenvalue weighted by Crippen LogP contribution is -2.31. The van der Waals surface area contributed by atoms with Crippen LogP contribution in [0, 0.1) is 17.0 Å². The fourth-order valence-electron chi connectivity index (χ4n) is 2.23. The number of nitrogens with zero attached hydrogens (tertiary/aromatic N) is 2. The fourth-order valence-corrected chi connectivity index (χ4v) is 2.23. The predicted molar refractivity (Wildman–Crippen MR) is 91.1 cm³/mol. The Labute approximate surface area is 145 Å². The van der Waals surface area contributed by atoms with Crippen LogP contribution in [0.2, 0.25) is 0 Å². The van der Waals surface area contributed by atoms with E-state index in [4.69, 9.17) is 4.74 Å². The number of aryl methyl sites for hydroxylation is 1. The number of hydrogen-bond acceptors (Lipinski definition) is 5. The van der Waals surface area contributed by atoms with Crippen LogP contribution in [0.4, 0.5) is 5.69 Å². The third-order valence-electron chi connectivity index (χ3n) is 3.63. The van der Waals surface area contributed by atoms with Crippen LogP contribution in [-0.4, -0.2) is 35.8 Å². The lowest BCUT2D eigenvalue weighted by molar-refractivity contribution is -0.385. The van der Waals surface area contributed by atoms with E-state index < -0.39 is 22.9 Å². The summed E-state index contributed by atoms with van der Waals surface area (Å²) in [6.07, 6.45) is -1.12. The van der Waals surface area contributed by atoms with E-state index in [1.165, 1.54) is 17.0 Å². The molecule has 0 aliphatic carbocycles. The molecular weight excluding hydrogens is 324 g/mol. The van der Waals surface area contributed by atoms with E-state index in [-0.39, 0.29) is 11.3 Å². The average molecular weight is 342 g/mol. The van der Waals surface area contributed by atoms with Crippen LogP contribution in [0.1, 0.15) is 27.6 Å². The molecule has 0 heterocycles. The van der Waals surface area contributed by atoms with Gasteiger partial charge in [-0.1, -0.05) is 36.4 Å². The Morgan fingerprint density at radius 2 is 1.76 bits per heavy atom. The average Bonchev–Trinajstić information content (AvgIpc) is 2.59. The summed E-state index contributed by atoms with van der Waals surface area (Å²) in [5.74, 6) is -1.20. The number of carbonyl (C=O) groups excluding carboxylic acids is 2. The molecule has 0 spiro atoms. The Morgan fingerprint density at radius 1 is 1.12 bits per heavy atom. The highest BCUT2D eigenvalue weighted by Gasteiger charge is 2.27. The molecule has 0 saturated heterocycles. The van der Waals surface area contributed by atoms with Crippen LogP contribution in [0.3, 0.4) is 0 Å². The van der Waals surface area contributed by atoms with Crippen molar-refractivity contribution in [2.45, 2.75) is 13.0 Å². The van der Waals surface area contributed by atoms with Gasteiger partial charge >= 0.3 is 5.97 Å². The first-order chi connectivity index (χ1) is 11.8. The summed E-state index contributed by atoms with van der Waals surface area (Å²) in [6, 6.07) is 12.7. The summed E-state index contributed by atoms with van der Waals surface area (Å²) >= 11 is 0. The van der Waals surface area contributed by atoms with Gasteiger partial charge in [-0.15, -0.1) is 0 Å². The monoisotopic (exact) mass is 342 g/mol. The minimum atomic E-state index is -1.12. The number of amides is 1. The van der Waals surface area contributed by atoms with Gasteiger partial charge in [-0.3, -0.25) is 14.9 Å². The van der Waals surface area contributed by atoms with Crippen molar-refractivity contribution in [3.63, 3.8) is 0 Å². The lowest BCUT2D eigenvalue weighted by Gasteiger charge is -2.21. The van der Waals surface area contributed by atoms with E-state index in [9.17, 15) is 19.7 Å². The van der Waals surface area contributed by atoms with E-state index in [0.717, 1.165) is 6.07 Å². The molecule has 2 aromatic carbocycles. The molecule has 0 aliphatic heterocycles. The highest BCUT2D eigenvalue weighted by atomic mass is 16.6. The van der Waals surface area contributed by atoms with Crippen LogP contribution >= 0.6 is 0 Å². The van der Waals surface area contributed by atoms with Crippen LogP contribution in [0.5, 0.6) is 0 Å². The van der Waals surface area contributed by atoms with Crippen LogP contribution in [0.25, 0.3) is 0 Å². The van der Waals surface area contributed by atoms with Gasteiger partial charge in [-0.05, 0) is 13.0 Å². The molecule has 7 nitrogen and oxygen atoms in total. The molecule has 0 aliphatic rings. The van der Waals surface area contributed by atoms with Crippen LogP contribution in [-0.2, 0) is 9.53 Å². The molecule has 0 aromatic heterocycles. The maximum atomic E-state index is 12.4. The molecule has 2 rings (SSSR count). The van der Waals surface area contributed by atoms with Gasteiger partial charge in [0.25, 0.3) is 11.6 Å². The second-order valence-corrected chi connectivity index (χ2v) is 5.69. The van der Waals surface area contributed by atoms with Gasteiger partial charge in [0.05, 0.1) is 10.5 Å². The Morgan fingerprint density at radius 3 is 2.32 bits per heavy atom. The normalized spacial score (nSPS) is 11.5. The second kappa shape index (κ2) is 7.57. The number of nitro benzene ring substituents is 1. The van der Waals surface area contributed by atoms with Crippen molar-refractivity contribution in [3.05, 3.63) is 75.3 Å². The van der Waals surface area contributed by atoms with Gasteiger partial charge in [0.1, 0.15) is 0 Å². The zero-order valence-electron chi connectivity index (χ0n) is 14.1. The Hall–Kier alpha value is -3.22. The maximum absolute atomic E-state index is 12.4. The number of esters is 1. The van der Waals surface area contributed by atoms with Crippen molar-refractivity contribution in [1.82, 2.24) is 4.90 Å². The van der Waals surface area contributed by atoms with E-state index in [2.05, 4.69) is 0 Å². The van der Waals surface area contributed by atoms with Crippen molar-refractivity contribution in [1.29, 1.82) is 0 Å². The summed E-state index contributed by atoms with van der Waals surface area (Å²) in [5.41, 5.74) is 0.802. The van der Waals surface area contributed by atoms with Crippen molar-refractivity contribution < 1.29 is 19.2 Å². The lowest BCUT2D eigenvalue weighted by atomic mass is 10.1. The molecule has 0 fully saturated rings. The minimum absolute atomic E-state index is 0.0183. The van der Waals surface area contributed by atoms with Crippen LogP contribution < -0.4 is 0 Å². The molecule has 25 heavy (non-hydrogen) atoms. The highest BCUT2D eigenvalue weighted by molar-refractivity contribution is 5.93. The molecule has 0 saturated carbocycles. The minimum Gasteiger partial charge on any atom is -0.444 e. The molecule has 2 aromatic rings. The summed E-state index contributed by atoms with van der Waals surface area (Å²) in [7, 11) is 3.12. The molecule has 1 atom stereocenters. The first kappa shape index (κ1) is 18.1. The summed E-state index contributed by atoms with van der Waals surface area (Å²) in [6.45, 7) is 1.58. The number of nitro groups is 1. The predicted octanol–water partition coefficient (Wildman–Crippen LogP) is 2.89.